The summed E-state index contributed by atoms with van der Waals surface area (Å²) in [6.07, 6.45) is 2.99. The number of anilines is 1. The number of carbonyl (C=O) groups excluding carboxylic acids is 4. The van der Waals surface area contributed by atoms with E-state index in [0.717, 1.165) is 10.6 Å². The van der Waals surface area contributed by atoms with Crippen molar-refractivity contribution in [3.63, 3.8) is 0 Å². The topological polar surface area (TPSA) is 107 Å². The maximum Gasteiger partial charge on any atom is 0.260 e. The Kier molecular flexibility index (Phi) is 7.55. The van der Waals surface area contributed by atoms with Crippen LogP contribution >= 0.6 is 27.5 Å². The molecule has 1 saturated carbocycles. The number of likely N-dealkylation sites (tertiary alicyclic amines) is 1. The number of hydrazine groups is 1. The monoisotopic (exact) mass is 705 g/mol. The normalized spacial score (nSPS) is 28.6. The van der Waals surface area contributed by atoms with Crippen LogP contribution in [0.5, 0.6) is 5.75 Å². The number of hydrogen-bond acceptors (Lipinski definition) is 6. The fraction of sp³-hybridized carbons (Fsp3) is 0.314. The zero-order chi connectivity index (χ0) is 32.5. The van der Waals surface area contributed by atoms with Gasteiger partial charge in [-0.15, -0.1) is 0 Å². The number of carbonyl (C=O) groups is 4. The average Bonchev–Trinajstić information content (AvgIpc) is 3.41. The third kappa shape index (κ3) is 4.44. The highest BCUT2D eigenvalue weighted by Gasteiger charge is 2.70. The first-order valence-electron chi connectivity index (χ1n) is 15.3. The summed E-state index contributed by atoms with van der Waals surface area (Å²) in [7, 11) is 0. The maximum absolute atomic E-state index is 15.1. The lowest BCUT2D eigenvalue weighted by Gasteiger charge is -2.50. The number of nitrogens with one attached hydrogen (secondary N) is 1. The van der Waals surface area contributed by atoms with E-state index in [-0.39, 0.29) is 24.0 Å². The lowest BCUT2D eigenvalue weighted by Crippen LogP contribution is -2.53. The Morgan fingerprint density at radius 1 is 0.978 bits per heavy atom. The second-order valence-corrected chi connectivity index (χ2v) is 13.8. The van der Waals surface area contributed by atoms with Gasteiger partial charge in [0.1, 0.15) is 11.6 Å². The van der Waals surface area contributed by atoms with Gasteiger partial charge in [-0.3, -0.25) is 29.5 Å². The number of amides is 4. The van der Waals surface area contributed by atoms with Gasteiger partial charge in [-0.2, -0.15) is 5.01 Å². The summed E-state index contributed by atoms with van der Waals surface area (Å²) in [6, 6.07) is 17.0. The fourth-order valence-corrected chi connectivity index (χ4v) is 8.77. The van der Waals surface area contributed by atoms with Crippen LogP contribution in [0.15, 0.2) is 82.9 Å². The van der Waals surface area contributed by atoms with Crippen LogP contribution in [0.2, 0.25) is 5.02 Å². The highest BCUT2D eigenvalue weighted by Crippen LogP contribution is 2.65. The number of phenolic OH excluding ortho intramolecular Hbond substituents is 1. The second-order valence-electron chi connectivity index (χ2n) is 12.4. The molecular weight excluding hydrogens is 677 g/mol. The molecule has 2 saturated heterocycles. The lowest BCUT2D eigenvalue weighted by molar-refractivity contribution is -0.141. The van der Waals surface area contributed by atoms with Crippen molar-refractivity contribution >= 4 is 56.8 Å². The number of allylic oxidation sites excluding steroid dienone is 2. The number of fused-ring (bicyclic) bond motifs is 4. The van der Waals surface area contributed by atoms with Crippen molar-refractivity contribution in [2.45, 2.75) is 37.5 Å². The number of rotatable bonds is 6. The van der Waals surface area contributed by atoms with Crippen LogP contribution in [-0.2, 0) is 24.6 Å². The van der Waals surface area contributed by atoms with Gasteiger partial charge in [0.25, 0.3) is 11.8 Å². The van der Waals surface area contributed by atoms with Crippen molar-refractivity contribution in [3.8, 4) is 5.75 Å². The maximum atomic E-state index is 15.1. The molecule has 11 heteroatoms. The van der Waals surface area contributed by atoms with Crippen LogP contribution in [0.4, 0.5) is 10.1 Å². The molecule has 3 fully saturated rings. The average molecular weight is 707 g/mol. The van der Waals surface area contributed by atoms with E-state index in [2.05, 4.69) is 21.4 Å². The zero-order valence-corrected chi connectivity index (χ0v) is 27.1. The Bertz CT molecular complexity index is 1820. The fourth-order valence-electron chi connectivity index (χ4n) is 8.27. The Morgan fingerprint density at radius 2 is 1.70 bits per heavy atom. The van der Waals surface area contributed by atoms with Gasteiger partial charge in [-0.05, 0) is 85.3 Å². The number of hydrogen-bond donors (Lipinski definition) is 2. The van der Waals surface area contributed by atoms with Crippen LogP contribution in [0.3, 0.4) is 0 Å². The van der Waals surface area contributed by atoms with Gasteiger partial charge in [-0.1, -0.05) is 58.2 Å². The van der Waals surface area contributed by atoms with E-state index >= 15 is 4.79 Å². The smallest absolute Gasteiger partial charge is 0.260 e. The molecular formula is C35H30BrClFN3O5. The van der Waals surface area contributed by atoms with Crippen LogP contribution in [0.25, 0.3) is 0 Å². The predicted molar refractivity (Wildman–Crippen MR) is 172 cm³/mol. The molecule has 6 unspecified atom stereocenters. The Balaban J connectivity index is 1.47. The van der Waals surface area contributed by atoms with Crippen molar-refractivity contribution < 1.29 is 28.7 Å². The molecule has 8 nitrogen and oxygen atoms in total. The molecule has 2 aliphatic carbocycles. The minimum atomic E-state index is -1.56. The van der Waals surface area contributed by atoms with E-state index in [0.29, 0.717) is 45.7 Å². The highest BCUT2D eigenvalue weighted by molar-refractivity contribution is 9.10. The van der Waals surface area contributed by atoms with Gasteiger partial charge in [0.15, 0.2) is 0 Å². The molecule has 4 aliphatic rings. The van der Waals surface area contributed by atoms with Crippen molar-refractivity contribution in [1.82, 2.24) is 9.91 Å². The zero-order valence-electron chi connectivity index (χ0n) is 24.8. The molecule has 46 heavy (non-hydrogen) atoms. The summed E-state index contributed by atoms with van der Waals surface area (Å²) in [5.74, 6) is -5.75. The molecule has 0 bridgehead atoms. The Labute approximate surface area is 278 Å². The van der Waals surface area contributed by atoms with Crippen molar-refractivity contribution in [1.29, 1.82) is 0 Å². The van der Waals surface area contributed by atoms with Crippen LogP contribution in [0, 0.1) is 29.5 Å². The molecule has 0 radical (unpaired) electrons. The number of aromatic hydroxyl groups is 1. The molecule has 2 heterocycles. The summed E-state index contributed by atoms with van der Waals surface area (Å²) in [5.41, 5.74) is 3.37. The van der Waals surface area contributed by atoms with E-state index in [1.54, 1.807) is 36.4 Å². The van der Waals surface area contributed by atoms with Crippen molar-refractivity contribution in [2.75, 3.05) is 12.0 Å². The quantitative estimate of drug-likeness (QED) is 0.229. The minimum Gasteiger partial charge on any atom is -0.508 e. The van der Waals surface area contributed by atoms with Gasteiger partial charge in [0.2, 0.25) is 11.8 Å². The number of phenols is 1. The molecule has 3 aromatic rings. The van der Waals surface area contributed by atoms with Gasteiger partial charge < -0.3 is 5.11 Å². The first-order valence-corrected chi connectivity index (χ1v) is 16.4. The molecule has 0 aromatic heterocycles. The highest BCUT2D eigenvalue weighted by atomic mass is 79.9. The minimum absolute atomic E-state index is 0.0735. The van der Waals surface area contributed by atoms with Crippen LogP contribution in [-0.4, -0.2) is 45.2 Å². The van der Waals surface area contributed by atoms with E-state index < -0.39 is 52.6 Å². The molecule has 6 atom stereocenters. The van der Waals surface area contributed by atoms with Gasteiger partial charge in [0.05, 0.1) is 28.9 Å². The molecule has 2 aliphatic heterocycles. The Morgan fingerprint density at radius 3 is 2.39 bits per heavy atom. The van der Waals surface area contributed by atoms with E-state index in [1.807, 2.05) is 13.0 Å². The molecule has 4 amide bonds. The van der Waals surface area contributed by atoms with E-state index in [4.69, 9.17) is 11.6 Å². The second kappa shape index (κ2) is 11.3. The SMILES string of the molecule is CCCN1C(=O)C2CC=C3C(CC4C(=O)N(Nc5ccc(F)cc5)C(=O)C4(c4ccc(Cl)cc4)C3c3cc(Br)ccc3O)C2C1=O. The molecule has 7 rings (SSSR count). The van der Waals surface area contributed by atoms with Crippen molar-refractivity contribution in [3.05, 3.63) is 105 Å². The molecule has 0 spiro atoms. The Hall–Kier alpha value is -4.02. The standard InChI is InChI=1S/C35H30BrClFN3O5/c1-2-15-40-31(43)24-13-12-23-25(29(24)33(40)45)17-27-32(44)41(39-22-10-8-21(38)9-11-22)34(46)35(27,18-3-6-20(37)7-4-18)30(23)26-16-19(36)5-14-28(26)42/h3-12,14,16,24-25,27,29-30,39,42H,2,13,15,17H2,1H3. The molecule has 236 valence electrons. The third-order valence-electron chi connectivity index (χ3n) is 10.1. The number of nitrogens with zero attached hydrogens (tertiary/aromatic N) is 2. The predicted octanol–water partition coefficient (Wildman–Crippen LogP) is 6.34. The molecule has 3 aromatic carbocycles. The van der Waals surface area contributed by atoms with E-state index in [9.17, 15) is 23.9 Å². The molecule has 2 N–H and O–H groups in total. The first-order chi connectivity index (χ1) is 22.1. The van der Waals surface area contributed by atoms with Gasteiger partial charge in [-0.25, -0.2) is 4.39 Å². The van der Waals surface area contributed by atoms with Gasteiger partial charge >= 0.3 is 0 Å². The summed E-state index contributed by atoms with van der Waals surface area (Å²) < 4.78 is 14.4. The summed E-state index contributed by atoms with van der Waals surface area (Å²) >= 11 is 9.83. The number of halogens is 3. The summed E-state index contributed by atoms with van der Waals surface area (Å²) in [4.78, 5) is 58.3. The summed E-state index contributed by atoms with van der Waals surface area (Å²) in [5, 5.41) is 12.8. The largest absolute Gasteiger partial charge is 0.508 e. The third-order valence-corrected chi connectivity index (χ3v) is 10.8. The van der Waals surface area contributed by atoms with Crippen LogP contribution in [0.1, 0.15) is 43.2 Å². The number of imide groups is 2. The summed E-state index contributed by atoms with van der Waals surface area (Å²) in [6.45, 7) is 2.22. The van der Waals surface area contributed by atoms with Crippen LogP contribution < -0.4 is 5.43 Å². The lowest BCUT2D eigenvalue weighted by atomic mass is 9.49. The first kappa shape index (κ1) is 30.6. The van der Waals surface area contributed by atoms with Crippen molar-refractivity contribution in [2.24, 2.45) is 23.7 Å². The van der Waals surface area contributed by atoms with E-state index in [1.165, 1.54) is 35.2 Å². The number of benzene rings is 3. The van der Waals surface area contributed by atoms with Gasteiger partial charge in [0, 0.05) is 27.5 Å².